The molecule has 0 saturated carbocycles. The molecule has 8 heteroatoms. The number of benzene rings is 2. The van der Waals surface area contributed by atoms with E-state index in [9.17, 15) is 18.8 Å². The molecule has 144 valence electrons. The molecule has 2 aromatic carbocycles. The molecule has 3 rings (SSSR count). The van der Waals surface area contributed by atoms with Crippen molar-refractivity contribution in [3.63, 3.8) is 0 Å². The lowest BCUT2D eigenvalue weighted by molar-refractivity contribution is -0.122. The molecule has 0 spiro atoms. The van der Waals surface area contributed by atoms with Crippen LogP contribution in [0.3, 0.4) is 0 Å². The van der Waals surface area contributed by atoms with E-state index in [1.165, 1.54) is 18.2 Å². The lowest BCUT2D eigenvalue weighted by Gasteiger charge is -2.13. The molecule has 0 aromatic heterocycles. The molecule has 1 saturated heterocycles. The molecule has 1 aliphatic rings. The van der Waals surface area contributed by atoms with Gasteiger partial charge in [0, 0.05) is 13.1 Å². The number of ether oxygens (including phenoxy) is 1. The number of methoxy groups -OCH3 is 1. The number of hydrogen-bond acceptors (Lipinski definition) is 5. The van der Waals surface area contributed by atoms with Crippen LogP contribution in [0.5, 0.6) is 5.75 Å². The minimum atomic E-state index is -0.631. The molecule has 1 N–H and O–H groups in total. The van der Waals surface area contributed by atoms with Gasteiger partial charge in [-0.25, -0.2) is 4.39 Å². The van der Waals surface area contributed by atoms with Crippen LogP contribution in [0.2, 0.25) is 0 Å². The van der Waals surface area contributed by atoms with E-state index < -0.39 is 22.9 Å². The maximum absolute atomic E-state index is 13.6. The van der Waals surface area contributed by atoms with E-state index in [4.69, 9.17) is 4.74 Å². The van der Waals surface area contributed by atoms with Gasteiger partial charge >= 0.3 is 0 Å². The van der Waals surface area contributed by atoms with Gasteiger partial charge < -0.3 is 10.1 Å². The number of imide groups is 1. The number of carbonyl (C=O) groups is 3. The fraction of sp³-hybridized carbons (Fsp3) is 0.150. The van der Waals surface area contributed by atoms with Crippen LogP contribution < -0.4 is 10.1 Å². The third kappa shape index (κ3) is 4.40. The molecule has 0 radical (unpaired) electrons. The molecule has 3 amide bonds. The predicted octanol–water partition coefficient (Wildman–Crippen LogP) is 3.30. The average molecular weight is 400 g/mol. The summed E-state index contributed by atoms with van der Waals surface area (Å²) in [5.74, 6) is -0.964. The molecular weight excluding hydrogens is 383 g/mol. The number of hydrogen-bond donors (Lipinski definition) is 1. The summed E-state index contributed by atoms with van der Waals surface area (Å²) in [6, 6.07) is 12.7. The van der Waals surface area contributed by atoms with E-state index in [-0.39, 0.29) is 18.7 Å². The van der Waals surface area contributed by atoms with Gasteiger partial charge in [0.05, 0.1) is 17.6 Å². The monoisotopic (exact) mass is 400 g/mol. The van der Waals surface area contributed by atoms with Gasteiger partial charge in [-0.3, -0.25) is 19.3 Å². The molecular formula is C20H17FN2O4S. The molecule has 0 aliphatic carbocycles. The summed E-state index contributed by atoms with van der Waals surface area (Å²) >= 11 is 0.839. The molecule has 1 fully saturated rings. The number of halogens is 1. The fourth-order valence-electron chi connectivity index (χ4n) is 2.57. The first-order chi connectivity index (χ1) is 13.5. The van der Waals surface area contributed by atoms with Gasteiger partial charge in [-0.2, -0.15) is 0 Å². The van der Waals surface area contributed by atoms with E-state index >= 15 is 0 Å². The van der Waals surface area contributed by atoms with Gasteiger partial charge in [-0.05, 0) is 47.7 Å². The maximum atomic E-state index is 13.6. The second-order valence-corrected chi connectivity index (χ2v) is 6.84. The van der Waals surface area contributed by atoms with E-state index in [0.29, 0.717) is 10.7 Å². The summed E-state index contributed by atoms with van der Waals surface area (Å²) < 4.78 is 18.7. The second kappa shape index (κ2) is 8.71. The Bertz CT molecular complexity index is 943. The number of thioether (sulfide) groups is 1. The Labute approximate surface area is 165 Å². The van der Waals surface area contributed by atoms with Crippen LogP contribution in [0.1, 0.15) is 15.9 Å². The zero-order chi connectivity index (χ0) is 20.1. The first kappa shape index (κ1) is 19.6. The topological polar surface area (TPSA) is 75.7 Å². The Morgan fingerprint density at radius 2 is 1.89 bits per heavy atom. The van der Waals surface area contributed by atoms with Crippen molar-refractivity contribution in [2.24, 2.45) is 0 Å². The smallest absolute Gasteiger partial charge is 0.293 e. The van der Waals surface area contributed by atoms with Gasteiger partial charge in [-0.15, -0.1) is 0 Å². The van der Waals surface area contributed by atoms with E-state index in [2.05, 4.69) is 5.32 Å². The van der Waals surface area contributed by atoms with Gasteiger partial charge in [-0.1, -0.05) is 24.3 Å². The van der Waals surface area contributed by atoms with Gasteiger partial charge in [0.15, 0.2) is 0 Å². The molecule has 0 atom stereocenters. The summed E-state index contributed by atoms with van der Waals surface area (Å²) in [6.45, 7) is 0.0336. The first-order valence-electron chi connectivity index (χ1n) is 8.42. The van der Waals surface area contributed by atoms with Crippen molar-refractivity contribution in [2.45, 2.75) is 0 Å². The third-order valence-corrected chi connectivity index (χ3v) is 4.93. The number of carbonyl (C=O) groups excluding carboxylic acids is 3. The van der Waals surface area contributed by atoms with Crippen LogP contribution in [-0.4, -0.2) is 42.2 Å². The summed E-state index contributed by atoms with van der Waals surface area (Å²) in [5, 5.41) is 2.11. The Hall–Kier alpha value is -3.13. The number of amides is 3. The molecule has 1 heterocycles. The number of rotatable bonds is 6. The standard InChI is InChI=1S/C20H17FN2O4S/c1-27-14-8-6-13(7-9-14)12-17-19(25)23(20(26)28-17)11-10-22-18(24)15-4-2-3-5-16(15)21/h2-9,12H,10-11H2,1H3,(H,22,24). The van der Waals surface area contributed by atoms with Gasteiger partial charge in [0.25, 0.3) is 17.1 Å². The zero-order valence-corrected chi connectivity index (χ0v) is 15.8. The van der Waals surface area contributed by atoms with Crippen molar-refractivity contribution in [1.82, 2.24) is 10.2 Å². The summed E-state index contributed by atoms with van der Waals surface area (Å²) in [6.07, 6.45) is 1.63. The second-order valence-electron chi connectivity index (χ2n) is 5.84. The highest BCUT2D eigenvalue weighted by Crippen LogP contribution is 2.32. The SMILES string of the molecule is COc1ccc(C=C2SC(=O)N(CCNC(=O)c3ccccc3F)C2=O)cc1. The molecule has 0 bridgehead atoms. The fourth-order valence-corrected chi connectivity index (χ4v) is 3.43. The third-order valence-electron chi connectivity index (χ3n) is 4.03. The quantitative estimate of drug-likeness (QED) is 0.753. The minimum absolute atomic E-state index is 0.00477. The van der Waals surface area contributed by atoms with Crippen molar-refractivity contribution >= 4 is 34.9 Å². The molecule has 1 aliphatic heterocycles. The Balaban J connectivity index is 1.60. The van der Waals surface area contributed by atoms with E-state index in [1.54, 1.807) is 43.5 Å². The lowest BCUT2D eigenvalue weighted by Crippen LogP contribution is -2.37. The van der Waals surface area contributed by atoms with Crippen LogP contribution in [0.25, 0.3) is 6.08 Å². The Morgan fingerprint density at radius 1 is 1.18 bits per heavy atom. The van der Waals surface area contributed by atoms with Crippen LogP contribution in [0.15, 0.2) is 53.4 Å². The highest BCUT2D eigenvalue weighted by molar-refractivity contribution is 8.18. The van der Waals surface area contributed by atoms with Crippen LogP contribution in [-0.2, 0) is 4.79 Å². The Morgan fingerprint density at radius 3 is 2.57 bits per heavy atom. The summed E-state index contributed by atoms with van der Waals surface area (Å²) in [5.41, 5.74) is 0.676. The van der Waals surface area contributed by atoms with Gasteiger partial charge in [0.2, 0.25) is 0 Å². The molecule has 28 heavy (non-hydrogen) atoms. The molecule has 2 aromatic rings. The highest BCUT2D eigenvalue weighted by Gasteiger charge is 2.34. The maximum Gasteiger partial charge on any atom is 0.293 e. The van der Waals surface area contributed by atoms with Crippen molar-refractivity contribution in [3.05, 3.63) is 70.4 Å². The zero-order valence-electron chi connectivity index (χ0n) is 15.0. The van der Waals surface area contributed by atoms with Crippen molar-refractivity contribution in [1.29, 1.82) is 0 Å². The van der Waals surface area contributed by atoms with E-state index in [0.717, 1.165) is 22.2 Å². The van der Waals surface area contributed by atoms with Crippen LogP contribution >= 0.6 is 11.8 Å². The van der Waals surface area contributed by atoms with Crippen LogP contribution in [0.4, 0.5) is 9.18 Å². The van der Waals surface area contributed by atoms with E-state index in [1.807, 2.05) is 0 Å². The molecule has 0 unspecified atom stereocenters. The highest BCUT2D eigenvalue weighted by atomic mass is 32.2. The molecule has 6 nitrogen and oxygen atoms in total. The van der Waals surface area contributed by atoms with Crippen molar-refractivity contribution in [2.75, 3.05) is 20.2 Å². The summed E-state index contributed by atoms with van der Waals surface area (Å²) in [4.78, 5) is 37.9. The van der Waals surface area contributed by atoms with Crippen molar-refractivity contribution in [3.8, 4) is 5.75 Å². The minimum Gasteiger partial charge on any atom is -0.497 e. The summed E-state index contributed by atoms with van der Waals surface area (Å²) in [7, 11) is 1.56. The Kier molecular flexibility index (Phi) is 6.10. The number of nitrogens with zero attached hydrogens (tertiary/aromatic N) is 1. The predicted molar refractivity (Wildman–Crippen MR) is 104 cm³/mol. The normalized spacial score (nSPS) is 15.2. The first-order valence-corrected chi connectivity index (χ1v) is 9.23. The van der Waals surface area contributed by atoms with Gasteiger partial charge in [0.1, 0.15) is 11.6 Å². The lowest BCUT2D eigenvalue weighted by atomic mass is 10.2. The van der Waals surface area contributed by atoms with Crippen molar-refractivity contribution < 1.29 is 23.5 Å². The number of nitrogens with one attached hydrogen (secondary N) is 1. The van der Waals surface area contributed by atoms with Crippen LogP contribution in [0, 0.1) is 5.82 Å². The average Bonchev–Trinajstić information content (AvgIpc) is 2.96. The largest absolute Gasteiger partial charge is 0.497 e.